The first-order valence-electron chi connectivity index (χ1n) is 7.04. The smallest absolute Gasteiger partial charge is 0.258 e. The minimum atomic E-state index is -0.225. The van der Waals surface area contributed by atoms with Gasteiger partial charge < -0.3 is 15.7 Å². The van der Waals surface area contributed by atoms with Crippen LogP contribution in [0.1, 0.15) is 26.2 Å². The Morgan fingerprint density at radius 2 is 2.10 bits per heavy atom. The van der Waals surface area contributed by atoms with E-state index in [1.54, 1.807) is 0 Å². The summed E-state index contributed by atoms with van der Waals surface area (Å²) >= 11 is 0. The van der Waals surface area contributed by atoms with Crippen LogP contribution in [0, 0.1) is 0 Å². The van der Waals surface area contributed by atoms with Gasteiger partial charge in [0.2, 0.25) is 11.9 Å². The Bertz CT molecular complexity index is 581. The van der Waals surface area contributed by atoms with Gasteiger partial charge in [-0.05, 0) is 19.3 Å². The molecule has 112 valence electrons. The third-order valence-corrected chi connectivity index (χ3v) is 3.23. The molecule has 0 atom stereocenters. The van der Waals surface area contributed by atoms with Crippen molar-refractivity contribution in [3.05, 3.63) is 12.7 Å². The van der Waals surface area contributed by atoms with E-state index in [0.29, 0.717) is 30.7 Å². The first kappa shape index (κ1) is 13.7. The van der Waals surface area contributed by atoms with E-state index in [1.807, 2.05) is 0 Å². The molecule has 0 unspecified atom stereocenters. The largest absolute Gasteiger partial charge is 0.393 e. The Kier molecular flexibility index (Phi) is 3.91. The fraction of sp³-hybridized carbons (Fsp3) is 0.583. The van der Waals surface area contributed by atoms with E-state index in [-0.39, 0.29) is 12.1 Å². The van der Waals surface area contributed by atoms with Crippen LogP contribution in [0.5, 0.6) is 0 Å². The molecular formula is C12H18N8O. The molecule has 1 saturated carbocycles. The number of nitrogens with one attached hydrogen (secondary N) is 2. The molecule has 3 N–H and O–H groups in total. The van der Waals surface area contributed by atoms with Crippen molar-refractivity contribution in [2.24, 2.45) is 0 Å². The minimum absolute atomic E-state index is 0.199. The molecule has 3 rings (SSSR count). The molecule has 21 heavy (non-hydrogen) atoms. The Morgan fingerprint density at radius 3 is 2.76 bits per heavy atom. The van der Waals surface area contributed by atoms with Gasteiger partial charge in [0.15, 0.2) is 0 Å². The lowest BCUT2D eigenvalue weighted by atomic mass is 9.90. The van der Waals surface area contributed by atoms with Crippen molar-refractivity contribution in [2.75, 3.05) is 17.2 Å². The van der Waals surface area contributed by atoms with Crippen molar-refractivity contribution < 1.29 is 5.11 Å². The van der Waals surface area contributed by atoms with Crippen molar-refractivity contribution >= 4 is 11.9 Å². The van der Waals surface area contributed by atoms with Gasteiger partial charge >= 0.3 is 0 Å². The first-order valence-corrected chi connectivity index (χ1v) is 7.04. The van der Waals surface area contributed by atoms with Crippen molar-refractivity contribution in [1.82, 2.24) is 29.7 Å². The Hall–Kier alpha value is -2.29. The van der Waals surface area contributed by atoms with Crippen molar-refractivity contribution in [3.8, 4) is 5.95 Å². The van der Waals surface area contributed by atoms with E-state index < -0.39 is 0 Å². The third-order valence-electron chi connectivity index (χ3n) is 3.23. The first-order chi connectivity index (χ1) is 10.2. The highest BCUT2D eigenvalue weighted by Gasteiger charge is 2.27. The van der Waals surface area contributed by atoms with Crippen molar-refractivity contribution in [3.63, 3.8) is 0 Å². The molecule has 1 aliphatic carbocycles. The minimum Gasteiger partial charge on any atom is -0.393 e. The summed E-state index contributed by atoms with van der Waals surface area (Å²) in [5, 5.41) is 19.7. The van der Waals surface area contributed by atoms with Gasteiger partial charge in [-0.3, -0.25) is 0 Å². The maximum atomic E-state index is 9.34. The topological polar surface area (TPSA) is 114 Å². The molecule has 9 nitrogen and oxygen atoms in total. The second-order valence-corrected chi connectivity index (χ2v) is 5.02. The van der Waals surface area contributed by atoms with Gasteiger partial charge in [0.25, 0.3) is 5.95 Å². The Balaban J connectivity index is 1.82. The fourth-order valence-electron chi connectivity index (χ4n) is 2.05. The summed E-state index contributed by atoms with van der Waals surface area (Å²) in [6.07, 6.45) is 5.14. The summed E-state index contributed by atoms with van der Waals surface area (Å²) in [6.45, 7) is 2.85. The maximum Gasteiger partial charge on any atom is 0.258 e. The highest BCUT2D eigenvalue weighted by atomic mass is 16.3. The molecule has 9 heteroatoms. The maximum absolute atomic E-state index is 9.34. The SMILES string of the molecule is CCCNc1nc(NC2CC(O)C2)nc(-n2cncn2)n1. The van der Waals surface area contributed by atoms with E-state index in [1.165, 1.54) is 17.3 Å². The van der Waals surface area contributed by atoms with Crippen LogP contribution >= 0.6 is 0 Å². The average molecular weight is 290 g/mol. The summed E-state index contributed by atoms with van der Waals surface area (Å²) in [6, 6.07) is 0.199. The summed E-state index contributed by atoms with van der Waals surface area (Å²) < 4.78 is 1.49. The number of aromatic nitrogens is 6. The molecule has 1 aliphatic rings. The zero-order chi connectivity index (χ0) is 14.7. The summed E-state index contributed by atoms with van der Waals surface area (Å²) in [5.41, 5.74) is 0. The molecule has 0 radical (unpaired) electrons. The predicted octanol–water partition coefficient (Wildman–Crippen LogP) is 0.209. The monoisotopic (exact) mass is 290 g/mol. The van der Waals surface area contributed by atoms with Gasteiger partial charge in [-0.1, -0.05) is 6.92 Å². The summed E-state index contributed by atoms with van der Waals surface area (Å²) in [5.74, 6) is 1.38. The average Bonchev–Trinajstić information content (AvgIpc) is 2.97. The van der Waals surface area contributed by atoms with Crippen molar-refractivity contribution in [1.29, 1.82) is 0 Å². The molecule has 0 amide bonds. The molecule has 2 aromatic heterocycles. The quantitative estimate of drug-likeness (QED) is 0.692. The van der Waals surface area contributed by atoms with Crippen LogP contribution in [0.2, 0.25) is 0 Å². The lowest BCUT2D eigenvalue weighted by Gasteiger charge is -2.31. The molecule has 0 aromatic carbocycles. The number of aliphatic hydroxyl groups excluding tert-OH is 1. The van der Waals surface area contributed by atoms with Crippen LogP contribution in [0.3, 0.4) is 0 Å². The van der Waals surface area contributed by atoms with E-state index in [4.69, 9.17) is 0 Å². The fourth-order valence-corrected chi connectivity index (χ4v) is 2.05. The molecule has 0 spiro atoms. The number of rotatable bonds is 6. The summed E-state index contributed by atoms with van der Waals surface area (Å²) in [4.78, 5) is 16.9. The van der Waals surface area contributed by atoms with E-state index in [2.05, 4.69) is 42.6 Å². The lowest BCUT2D eigenvalue weighted by Crippen LogP contribution is -2.39. The second-order valence-electron chi connectivity index (χ2n) is 5.02. The predicted molar refractivity (Wildman–Crippen MR) is 76.2 cm³/mol. The van der Waals surface area contributed by atoms with Gasteiger partial charge in [0, 0.05) is 12.6 Å². The number of hydrogen-bond donors (Lipinski definition) is 3. The van der Waals surface area contributed by atoms with Crippen LogP contribution in [0.25, 0.3) is 5.95 Å². The zero-order valence-electron chi connectivity index (χ0n) is 11.8. The second kappa shape index (κ2) is 6.00. The van der Waals surface area contributed by atoms with E-state index >= 15 is 0 Å². The Morgan fingerprint density at radius 1 is 1.29 bits per heavy atom. The van der Waals surface area contributed by atoms with Gasteiger partial charge in [-0.2, -0.15) is 24.7 Å². The van der Waals surface area contributed by atoms with E-state index in [0.717, 1.165) is 13.0 Å². The molecule has 2 aromatic rings. The van der Waals surface area contributed by atoms with Crippen LogP contribution in [-0.4, -0.2) is 53.5 Å². The van der Waals surface area contributed by atoms with Gasteiger partial charge in [0.1, 0.15) is 12.7 Å². The summed E-state index contributed by atoms with van der Waals surface area (Å²) in [7, 11) is 0. The third kappa shape index (κ3) is 3.24. The molecule has 0 aliphatic heterocycles. The van der Waals surface area contributed by atoms with Crippen LogP contribution in [0.15, 0.2) is 12.7 Å². The van der Waals surface area contributed by atoms with Gasteiger partial charge in [0.05, 0.1) is 6.10 Å². The normalized spacial score (nSPS) is 20.9. The van der Waals surface area contributed by atoms with Gasteiger partial charge in [-0.25, -0.2) is 4.98 Å². The number of nitrogens with zero attached hydrogens (tertiary/aromatic N) is 6. The number of hydrogen-bond acceptors (Lipinski definition) is 8. The molecule has 0 bridgehead atoms. The van der Waals surface area contributed by atoms with Crippen LogP contribution < -0.4 is 10.6 Å². The molecule has 2 heterocycles. The zero-order valence-corrected chi connectivity index (χ0v) is 11.8. The van der Waals surface area contributed by atoms with Gasteiger partial charge in [-0.15, -0.1) is 0 Å². The number of aliphatic hydroxyl groups is 1. The highest BCUT2D eigenvalue weighted by molar-refractivity contribution is 5.38. The highest BCUT2D eigenvalue weighted by Crippen LogP contribution is 2.23. The number of anilines is 2. The lowest BCUT2D eigenvalue weighted by molar-refractivity contribution is 0.0834. The molecule has 1 fully saturated rings. The molecular weight excluding hydrogens is 272 g/mol. The van der Waals surface area contributed by atoms with Crippen LogP contribution in [-0.2, 0) is 0 Å². The van der Waals surface area contributed by atoms with Crippen molar-refractivity contribution in [2.45, 2.75) is 38.3 Å². The van der Waals surface area contributed by atoms with E-state index in [9.17, 15) is 5.11 Å². The standard InChI is InChI=1S/C12H18N8O/c1-2-3-14-10-17-11(16-8-4-9(21)5-8)19-12(18-10)20-7-13-6-15-20/h6-9,21H,2-5H2,1H3,(H2,14,16,17,18,19). The van der Waals surface area contributed by atoms with Crippen LogP contribution in [0.4, 0.5) is 11.9 Å². The molecule has 0 saturated heterocycles. The Labute approximate surface area is 121 Å².